The molecule has 0 radical (unpaired) electrons. The summed E-state index contributed by atoms with van der Waals surface area (Å²) in [6.07, 6.45) is 0.786. The number of carbonyl (C=O) groups is 1. The molecule has 0 fully saturated rings. The largest absolute Gasteiger partial charge is 0.493 e. The van der Waals surface area contributed by atoms with Gasteiger partial charge in [0.2, 0.25) is 0 Å². The summed E-state index contributed by atoms with van der Waals surface area (Å²) >= 11 is 0. The Balaban J connectivity index is 1.81. The van der Waals surface area contributed by atoms with E-state index in [1.54, 1.807) is 14.2 Å². The van der Waals surface area contributed by atoms with Gasteiger partial charge in [0.1, 0.15) is 5.92 Å². The zero-order chi connectivity index (χ0) is 24.7. The van der Waals surface area contributed by atoms with Gasteiger partial charge in [-0.1, -0.05) is 49.4 Å². The summed E-state index contributed by atoms with van der Waals surface area (Å²) in [7, 11) is 3.26. The molecule has 5 nitrogen and oxygen atoms in total. The molecule has 35 heavy (non-hydrogen) atoms. The van der Waals surface area contributed by atoms with Crippen LogP contribution in [0, 0.1) is 6.92 Å². The zero-order valence-corrected chi connectivity index (χ0v) is 20.9. The van der Waals surface area contributed by atoms with E-state index in [4.69, 9.17) is 14.2 Å². The number of aromatic nitrogens is 1. The van der Waals surface area contributed by atoms with E-state index < -0.39 is 5.92 Å². The first-order chi connectivity index (χ1) is 17.0. The second-order valence-electron chi connectivity index (χ2n) is 8.93. The van der Waals surface area contributed by atoms with Gasteiger partial charge < -0.3 is 18.8 Å². The van der Waals surface area contributed by atoms with Crippen molar-refractivity contribution >= 4 is 16.7 Å². The first-order valence-corrected chi connectivity index (χ1v) is 12.2. The van der Waals surface area contributed by atoms with Gasteiger partial charge in [0.15, 0.2) is 11.5 Å². The van der Waals surface area contributed by atoms with Crippen LogP contribution in [0.3, 0.4) is 0 Å². The van der Waals surface area contributed by atoms with Gasteiger partial charge in [-0.3, -0.25) is 4.79 Å². The Labute approximate surface area is 206 Å². The number of fused-ring (bicyclic) bond motifs is 4. The lowest BCUT2D eigenvalue weighted by Crippen LogP contribution is -2.31. The van der Waals surface area contributed by atoms with Crippen molar-refractivity contribution in [1.29, 1.82) is 0 Å². The SMILES string of the molecule is CCOC(=O)C1c2cc(OC)c(OC)cc2-c2cc(-c3cccc4ccccc34)c(C)n2C1CC. The lowest BCUT2D eigenvalue weighted by molar-refractivity contribution is -0.146. The number of esters is 1. The van der Waals surface area contributed by atoms with E-state index in [9.17, 15) is 4.79 Å². The molecule has 0 saturated heterocycles. The van der Waals surface area contributed by atoms with Crippen LogP contribution >= 0.6 is 0 Å². The summed E-state index contributed by atoms with van der Waals surface area (Å²) in [6, 6.07) is 21.0. The van der Waals surface area contributed by atoms with Gasteiger partial charge in [-0.15, -0.1) is 0 Å². The Bertz CT molecular complexity index is 1410. The van der Waals surface area contributed by atoms with Gasteiger partial charge >= 0.3 is 5.97 Å². The summed E-state index contributed by atoms with van der Waals surface area (Å²) in [4.78, 5) is 13.3. The van der Waals surface area contributed by atoms with Gasteiger partial charge in [-0.05, 0) is 60.4 Å². The molecule has 1 aliphatic heterocycles. The van der Waals surface area contributed by atoms with Crippen LogP contribution in [0.5, 0.6) is 11.5 Å². The van der Waals surface area contributed by atoms with Gasteiger partial charge in [0.05, 0.1) is 26.9 Å². The van der Waals surface area contributed by atoms with Crippen molar-refractivity contribution in [3.05, 3.63) is 71.9 Å². The molecule has 5 rings (SSSR count). The fourth-order valence-corrected chi connectivity index (χ4v) is 5.65. The maximum atomic E-state index is 13.3. The molecule has 0 amide bonds. The van der Waals surface area contributed by atoms with Crippen molar-refractivity contribution in [2.45, 2.75) is 39.2 Å². The average molecular weight is 470 g/mol. The number of methoxy groups -OCH3 is 2. The van der Waals surface area contributed by atoms with Crippen LogP contribution in [0.25, 0.3) is 33.2 Å². The van der Waals surface area contributed by atoms with E-state index in [0.717, 1.165) is 28.9 Å². The van der Waals surface area contributed by atoms with E-state index in [1.807, 2.05) is 19.1 Å². The van der Waals surface area contributed by atoms with Gasteiger partial charge in [0, 0.05) is 22.5 Å². The van der Waals surface area contributed by atoms with Crippen LogP contribution in [0.15, 0.2) is 60.7 Å². The van der Waals surface area contributed by atoms with E-state index in [-0.39, 0.29) is 12.0 Å². The molecule has 180 valence electrons. The average Bonchev–Trinajstić information content (AvgIpc) is 3.23. The molecule has 0 bridgehead atoms. The third-order valence-electron chi connectivity index (χ3n) is 7.21. The third-order valence-corrected chi connectivity index (χ3v) is 7.21. The molecule has 5 heteroatoms. The summed E-state index contributed by atoms with van der Waals surface area (Å²) < 4.78 is 19.2. The monoisotopic (exact) mass is 469 g/mol. The highest BCUT2D eigenvalue weighted by molar-refractivity contribution is 5.98. The van der Waals surface area contributed by atoms with E-state index in [2.05, 4.69) is 66.9 Å². The predicted octanol–water partition coefficient (Wildman–Crippen LogP) is 6.91. The summed E-state index contributed by atoms with van der Waals surface area (Å²) in [6.45, 7) is 6.47. The molecule has 1 aliphatic rings. The molecule has 0 saturated carbocycles. The minimum atomic E-state index is -0.436. The van der Waals surface area contributed by atoms with E-state index in [0.29, 0.717) is 18.1 Å². The zero-order valence-electron chi connectivity index (χ0n) is 20.9. The van der Waals surface area contributed by atoms with Crippen LogP contribution in [0.1, 0.15) is 43.5 Å². The summed E-state index contributed by atoms with van der Waals surface area (Å²) in [5.74, 6) is 0.606. The second-order valence-corrected chi connectivity index (χ2v) is 8.93. The van der Waals surface area contributed by atoms with Gasteiger partial charge in [-0.25, -0.2) is 0 Å². The first-order valence-electron chi connectivity index (χ1n) is 12.2. The number of hydrogen-bond donors (Lipinski definition) is 0. The molecule has 3 aromatic carbocycles. The molecular weight excluding hydrogens is 438 g/mol. The van der Waals surface area contributed by atoms with E-state index >= 15 is 0 Å². The van der Waals surface area contributed by atoms with Crippen molar-refractivity contribution in [3.8, 4) is 33.9 Å². The quantitative estimate of drug-likeness (QED) is 0.288. The number of ether oxygens (including phenoxy) is 3. The Morgan fingerprint density at radius 2 is 1.60 bits per heavy atom. The molecule has 1 aromatic heterocycles. The van der Waals surface area contributed by atoms with Crippen molar-refractivity contribution < 1.29 is 19.0 Å². The van der Waals surface area contributed by atoms with Crippen molar-refractivity contribution in [2.24, 2.45) is 0 Å². The maximum absolute atomic E-state index is 13.3. The molecule has 0 aliphatic carbocycles. The third kappa shape index (κ3) is 3.57. The van der Waals surface area contributed by atoms with Crippen LogP contribution in [0.2, 0.25) is 0 Å². The van der Waals surface area contributed by atoms with Crippen LogP contribution in [-0.4, -0.2) is 31.4 Å². The Morgan fingerprint density at radius 1 is 0.886 bits per heavy atom. The Hall–Kier alpha value is -3.73. The smallest absolute Gasteiger partial charge is 0.315 e. The molecule has 2 heterocycles. The topological polar surface area (TPSA) is 49.7 Å². The lowest BCUT2D eigenvalue weighted by atomic mass is 9.82. The number of hydrogen-bond acceptors (Lipinski definition) is 4. The van der Waals surface area contributed by atoms with Crippen LogP contribution < -0.4 is 9.47 Å². The predicted molar refractivity (Wildman–Crippen MR) is 139 cm³/mol. The van der Waals surface area contributed by atoms with Crippen molar-refractivity contribution in [3.63, 3.8) is 0 Å². The Morgan fingerprint density at radius 3 is 2.31 bits per heavy atom. The Kier molecular flexibility index (Phi) is 6.01. The number of rotatable bonds is 6. The molecular formula is C30H31NO4. The van der Waals surface area contributed by atoms with E-state index in [1.165, 1.54) is 21.9 Å². The normalized spacial score (nSPS) is 16.5. The number of carbonyl (C=O) groups excluding carboxylic acids is 1. The highest BCUT2D eigenvalue weighted by Crippen LogP contribution is 2.51. The summed E-state index contributed by atoms with van der Waals surface area (Å²) in [5.41, 5.74) is 6.46. The fourth-order valence-electron chi connectivity index (χ4n) is 5.65. The fraction of sp³-hybridized carbons (Fsp3) is 0.300. The minimum Gasteiger partial charge on any atom is -0.493 e. The molecule has 0 N–H and O–H groups in total. The highest BCUT2D eigenvalue weighted by atomic mass is 16.5. The van der Waals surface area contributed by atoms with Crippen LogP contribution in [0.4, 0.5) is 0 Å². The maximum Gasteiger partial charge on any atom is 0.315 e. The van der Waals surface area contributed by atoms with Gasteiger partial charge in [-0.2, -0.15) is 0 Å². The second kappa shape index (κ2) is 9.14. The van der Waals surface area contributed by atoms with Crippen molar-refractivity contribution in [1.82, 2.24) is 4.57 Å². The molecule has 2 atom stereocenters. The first kappa shape index (κ1) is 23.0. The molecule has 4 aromatic rings. The number of nitrogens with zero attached hydrogens (tertiary/aromatic N) is 1. The summed E-state index contributed by atoms with van der Waals surface area (Å²) in [5, 5.41) is 2.42. The van der Waals surface area contributed by atoms with Crippen LogP contribution in [-0.2, 0) is 9.53 Å². The van der Waals surface area contributed by atoms with Gasteiger partial charge in [0.25, 0.3) is 0 Å². The lowest BCUT2D eigenvalue weighted by Gasteiger charge is -2.35. The van der Waals surface area contributed by atoms with Crippen molar-refractivity contribution in [2.75, 3.05) is 20.8 Å². The minimum absolute atomic E-state index is 0.0709. The molecule has 0 spiro atoms. The molecule has 2 unspecified atom stereocenters. The standard InChI is InChI=1S/C30H31NO4/c1-6-25-29(30(32)35-7-2)24-17-28(34-5)27(33-4)16-23(24)26-15-22(18(3)31(25)26)21-14-10-12-19-11-8-9-13-20(19)21/h8-17,25,29H,6-7H2,1-5H3. The highest BCUT2D eigenvalue weighted by Gasteiger charge is 2.40. The number of benzene rings is 3.